The minimum Gasteiger partial charge on any atom is -0.507 e. The van der Waals surface area contributed by atoms with Crippen molar-refractivity contribution < 1.29 is 5.11 Å². The third-order valence-corrected chi connectivity index (χ3v) is 4.71. The Morgan fingerprint density at radius 3 is 2.65 bits per heavy atom. The maximum Gasteiger partial charge on any atom is 0.123 e. The van der Waals surface area contributed by atoms with Crippen LogP contribution in [-0.4, -0.2) is 29.6 Å². The number of nitrogens with zero attached hydrogens (tertiary/aromatic N) is 1. The summed E-state index contributed by atoms with van der Waals surface area (Å²) < 4.78 is 0. The van der Waals surface area contributed by atoms with Gasteiger partial charge in [-0.15, -0.1) is 0 Å². The molecule has 2 aromatic carbocycles. The molecule has 120 valence electrons. The second kappa shape index (κ2) is 7.01. The van der Waals surface area contributed by atoms with Crippen molar-refractivity contribution in [3.8, 4) is 5.75 Å². The Balaban J connectivity index is 2.09. The van der Waals surface area contributed by atoms with Crippen LogP contribution in [0.3, 0.4) is 0 Å². The van der Waals surface area contributed by atoms with Gasteiger partial charge in [-0.1, -0.05) is 54.5 Å². The Kier molecular flexibility index (Phi) is 4.82. The molecule has 1 heterocycles. The van der Waals surface area contributed by atoms with E-state index in [-0.39, 0.29) is 0 Å². The number of benzene rings is 2. The molecular weight excluding hydrogens is 282 g/mol. The van der Waals surface area contributed by atoms with Crippen LogP contribution in [0.4, 0.5) is 0 Å². The van der Waals surface area contributed by atoms with Crippen LogP contribution in [-0.2, 0) is 0 Å². The topological polar surface area (TPSA) is 23.5 Å². The van der Waals surface area contributed by atoms with Crippen LogP contribution >= 0.6 is 0 Å². The monoisotopic (exact) mass is 307 g/mol. The molecule has 2 nitrogen and oxygen atoms in total. The van der Waals surface area contributed by atoms with Crippen LogP contribution in [0.2, 0.25) is 0 Å². The van der Waals surface area contributed by atoms with E-state index in [2.05, 4.69) is 55.3 Å². The molecule has 0 amide bonds. The Morgan fingerprint density at radius 1 is 1.13 bits per heavy atom. The van der Waals surface area contributed by atoms with Gasteiger partial charge < -0.3 is 5.11 Å². The molecule has 0 aliphatic carbocycles. The van der Waals surface area contributed by atoms with Gasteiger partial charge in [-0.25, -0.2) is 0 Å². The largest absolute Gasteiger partial charge is 0.507 e. The van der Waals surface area contributed by atoms with Crippen LogP contribution in [0.5, 0.6) is 5.75 Å². The maximum absolute atomic E-state index is 10.4. The molecule has 1 fully saturated rings. The van der Waals surface area contributed by atoms with E-state index in [1.807, 2.05) is 12.1 Å². The number of piperidine rings is 1. The van der Waals surface area contributed by atoms with E-state index in [9.17, 15) is 5.11 Å². The summed E-state index contributed by atoms with van der Waals surface area (Å²) in [6.07, 6.45) is 6.06. The fourth-order valence-corrected chi connectivity index (χ4v) is 3.33. The van der Waals surface area contributed by atoms with Crippen LogP contribution < -0.4 is 0 Å². The highest BCUT2D eigenvalue weighted by molar-refractivity contribution is 5.83. The number of likely N-dealkylation sites (N-methyl/N-ethyl adjacent to an activating group) is 1. The molecule has 2 heteroatoms. The van der Waals surface area contributed by atoms with Crippen molar-refractivity contribution >= 4 is 5.57 Å². The zero-order chi connectivity index (χ0) is 16.2. The molecule has 1 atom stereocenters. The quantitative estimate of drug-likeness (QED) is 0.894. The molecule has 2 aromatic rings. The van der Waals surface area contributed by atoms with E-state index in [1.54, 1.807) is 6.07 Å². The average molecular weight is 307 g/mol. The van der Waals surface area contributed by atoms with Gasteiger partial charge in [0, 0.05) is 11.6 Å². The van der Waals surface area contributed by atoms with Gasteiger partial charge in [-0.2, -0.15) is 0 Å². The lowest BCUT2D eigenvalue weighted by molar-refractivity contribution is 0.222. The molecule has 1 unspecified atom stereocenters. The zero-order valence-electron chi connectivity index (χ0n) is 14.0. The molecule has 3 rings (SSSR count). The van der Waals surface area contributed by atoms with Gasteiger partial charge in [0.05, 0.1) is 0 Å². The van der Waals surface area contributed by atoms with Crippen LogP contribution in [0.15, 0.2) is 54.6 Å². The molecule has 23 heavy (non-hydrogen) atoms. The second-order valence-corrected chi connectivity index (χ2v) is 6.51. The van der Waals surface area contributed by atoms with Crippen molar-refractivity contribution in [1.29, 1.82) is 0 Å². The first-order valence-electron chi connectivity index (χ1n) is 8.42. The molecule has 1 N–H and O–H groups in total. The Morgan fingerprint density at radius 2 is 1.91 bits per heavy atom. The van der Waals surface area contributed by atoms with E-state index in [1.165, 1.54) is 19.3 Å². The average Bonchev–Trinajstić information content (AvgIpc) is 2.57. The minimum absolute atomic E-state index is 0.351. The predicted molar refractivity (Wildman–Crippen MR) is 96.6 cm³/mol. The minimum atomic E-state index is 0.351. The number of phenols is 1. The van der Waals surface area contributed by atoms with Gasteiger partial charge in [-0.3, -0.25) is 4.90 Å². The summed E-state index contributed by atoms with van der Waals surface area (Å²) in [4.78, 5) is 2.42. The number of rotatable bonds is 3. The van der Waals surface area contributed by atoms with E-state index < -0.39 is 0 Å². The molecule has 0 bridgehead atoms. The summed E-state index contributed by atoms with van der Waals surface area (Å²) in [5.41, 5.74) is 4.38. The number of phenolic OH excluding ortho intramolecular Hbond substituents is 1. The van der Waals surface area contributed by atoms with Gasteiger partial charge in [0.1, 0.15) is 5.75 Å². The number of likely N-dealkylation sites (tertiary alicyclic amines) is 1. The molecule has 0 spiro atoms. The molecule has 1 saturated heterocycles. The summed E-state index contributed by atoms with van der Waals surface area (Å²) in [6.45, 7) is 3.21. The summed E-state index contributed by atoms with van der Waals surface area (Å²) >= 11 is 0. The standard InChI is InChI=1S/C21H25NO/c1-16-11-12-21(23)20(14-16)19(17-8-4-3-5-9-17)15-18-10-6-7-13-22(18)2/h3-5,8-9,11-12,14-15,18,23H,6-7,10,13H2,1-2H3/b19-15+. The Bertz CT molecular complexity index is 690. The van der Waals surface area contributed by atoms with Crippen molar-refractivity contribution in [2.75, 3.05) is 13.6 Å². The first kappa shape index (κ1) is 15.8. The lowest BCUT2D eigenvalue weighted by Crippen LogP contribution is -2.34. The normalized spacial score (nSPS) is 19.7. The highest BCUT2D eigenvalue weighted by atomic mass is 16.3. The smallest absolute Gasteiger partial charge is 0.123 e. The lowest BCUT2D eigenvalue weighted by atomic mass is 9.91. The molecule has 1 aliphatic heterocycles. The van der Waals surface area contributed by atoms with Crippen molar-refractivity contribution in [2.24, 2.45) is 0 Å². The number of hydrogen-bond donors (Lipinski definition) is 1. The van der Waals surface area contributed by atoms with E-state index in [4.69, 9.17) is 0 Å². The molecule has 0 aromatic heterocycles. The summed E-state index contributed by atoms with van der Waals surface area (Å²) in [5, 5.41) is 10.4. The van der Waals surface area contributed by atoms with Crippen LogP contribution in [0, 0.1) is 6.92 Å². The van der Waals surface area contributed by atoms with E-state index >= 15 is 0 Å². The number of aromatic hydroxyl groups is 1. The summed E-state index contributed by atoms with van der Waals surface area (Å²) in [6, 6.07) is 16.6. The SMILES string of the molecule is Cc1ccc(O)c(/C(=C/C2CCCCN2C)c2ccccc2)c1. The van der Waals surface area contributed by atoms with Crippen molar-refractivity contribution in [3.63, 3.8) is 0 Å². The Labute approximate surface area is 139 Å². The predicted octanol–water partition coefficient (Wildman–Crippen LogP) is 4.62. The van der Waals surface area contributed by atoms with Crippen molar-refractivity contribution in [2.45, 2.75) is 32.2 Å². The van der Waals surface area contributed by atoms with Crippen molar-refractivity contribution in [1.82, 2.24) is 4.90 Å². The van der Waals surface area contributed by atoms with Crippen LogP contribution in [0.1, 0.15) is 36.0 Å². The lowest BCUT2D eigenvalue weighted by Gasteiger charge is -2.31. The second-order valence-electron chi connectivity index (χ2n) is 6.51. The first-order chi connectivity index (χ1) is 11.1. The third-order valence-electron chi connectivity index (χ3n) is 4.71. The van der Waals surface area contributed by atoms with Gasteiger partial charge in [0.2, 0.25) is 0 Å². The fourth-order valence-electron chi connectivity index (χ4n) is 3.33. The van der Waals surface area contributed by atoms with E-state index in [0.717, 1.165) is 28.8 Å². The summed E-state index contributed by atoms with van der Waals surface area (Å²) in [5.74, 6) is 0.351. The highest BCUT2D eigenvalue weighted by Crippen LogP contribution is 2.33. The zero-order valence-corrected chi connectivity index (χ0v) is 14.0. The van der Waals surface area contributed by atoms with E-state index in [0.29, 0.717) is 11.8 Å². The molecule has 0 saturated carbocycles. The Hall–Kier alpha value is -2.06. The van der Waals surface area contributed by atoms with Gasteiger partial charge in [0.25, 0.3) is 0 Å². The highest BCUT2D eigenvalue weighted by Gasteiger charge is 2.19. The van der Waals surface area contributed by atoms with Crippen LogP contribution in [0.25, 0.3) is 5.57 Å². The summed E-state index contributed by atoms with van der Waals surface area (Å²) in [7, 11) is 2.19. The molecule has 1 aliphatic rings. The molecule has 0 radical (unpaired) electrons. The molecular formula is C21H25NO. The number of aryl methyl sites for hydroxylation is 1. The number of hydrogen-bond acceptors (Lipinski definition) is 2. The van der Waals surface area contributed by atoms with Gasteiger partial charge >= 0.3 is 0 Å². The van der Waals surface area contributed by atoms with Crippen molar-refractivity contribution in [3.05, 3.63) is 71.3 Å². The first-order valence-corrected chi connectivity index (χ1v) is 8.42. The van der Waals surface area contributed by atoms with Gasteiger partial charge in [-0.05, 0) is 56.6 Å². The van der Waals surface area contributed by atoms with Gasteiger partial charge in [0.15, 0.2) is 0 Å². The fraction of sp³-hybridized carbons (Fsp3) is 0.333. The third kappa shape index (κ3) is 3.65. The maximum atomic E-state index is 10.4.